The molecule has 2 heterocycles. The molecular weight excluding hydrogens is 250 g/mol. The highest BCUT2D eigenvalue weighted by atomic mass is 16.5. The van der Waals surface area contributed by atoms with Crippen LogP contribution in [0.25, 0.3) is 0 Å². The van der Waals surface area contributed by atoms with Crippen LogP contribution >= 0.6 is 0 Å². The Balaban J connectivity index is 2.05. The van der Waals surface area contributed by atoms with E-state index < -0.39 is 0 Å². The number of morpholine rings is 1. The van der Waals surface area contributed by atoms with Gasteiger partial charge in [-0.1, -0.05) is 6.07 Å². The van der Waals surface area contributed by atoms with Crippen molar-refractivity contribution in [1.82, 2.24) is 10.3 Å². The van der Waals surface area contributed by atoms with Crippen molar-refractivity contribution >= 4 is 5.82 Å². The van der Waals surface area contributed by atoms with Crippen LogP contribution in [0.15, 0.2) is 12.1 Å². The van der Waals surface area contributed by atoms with E-state index in [9.17, 15) is 0 Å². The topological polar surface area (TPSA) is 37.4 Å². The highest BCUT2D eigenvalue weighted by Crippen LogP contribution is 2.18. The van der Waals surface area contributed by atoms with Gasteiger partial charge in [-0.15, -0.1) is 0 Å². The Hall–Kier alpha value is -1.13. The van der Waals surface area contributed by atoms with Crippen LogP contribution in [-0.2, 0) is 11.3 Å². The average Bonchev–Trinajstić information content (AvgIpc) is 2.36. The summed E-state index contributed by atoms with van der Waals surface area (Å²) >= 11 is 0. The first kappa shape index (κ1) is 15.3. The van der Waals surface area contributed by atoms with E-state index in [0.29, 0.717) is 0 Å². The molecule has 1 aliphatic heterocycles. The molecule has 0 bridgehead atoms. The lowest BCUT2D eigenvalue weighted by molar-refractivity contribution is 0.0529. The lowest BCUT2D eigenvalue weighted by Crippen LogP contribution is -2.41. The zero-order chi connectivity index (χ0) is 14.8. The Morgan fingerprint density at radius 1 is 1.40 bits per heavy atom. The van der Waals surface area contributed by atoms with Crippen LogP contribution in [0.4, 0.5) is 5.82 Å². The first-order chi connectivity index (χ1) is 9.35. The molecule has 0 spiro atoms. The van der Waals surface area contributed by atoms with Crippen molar-refractivity contribution in [1.29, 1.82) is 0 Å². The van der Waals surface area contributed by atoms with Crippen LogP contribution in [-0.4, -0.2) is 36.3 Å². The maximum absolute atomic E-state index is 5.58. The van der Waals surface area contributed by atoms with Crippen molar-refractivity contribution in [2.75, 3.05) is 24.6 Å². The summed E-state index contributed by atoms with van der Waals surface area (Å²) in [6.45, 7) is 14.2. The average molecular weight is 277 g/mol. The number of nitrogens with zero attached hydrogens (tertiary/aromatic N) is 2. The van der Waals surface area contributed by atoms with Gasteiger partial charge in [0, 0.05) is 30.9 Å². The third-order valence-corrected chi connectivity index (χ3v) is 3.55. The van der Waals surface area contributed by atoms with Gasteiger partial charge >= 0.3 is 0 Å². The van der Waals surface area contributed by atoms with Gasteiger partial charge in [0.05, 0.1) is 12.7 Å². The summed E-state index contributed by atoms with van der Waals surface area (Å²) in [5.74, 6) is 1.07. The van der Waals surface area contributed by atoms with Crippen LogP contribution in [0.5, 0.6) is 0 Å². The molecule has 0 saturated carbocycles. The zero-order valence-electron chi connectivity index (χ0n) is 13.4. The molecule has 112 valence electrons. The molecule has 2 rings (SSSR count). The largest absolute Gasteiger partial charge is 0.375 e. The molecule has 0 amide bonds. The number of aromatic nitrogens is 1. The number of ether oxygens (including phenoxy) is 1. The summed E-state index contributed by atoms with van der Waals surface area (Å²) in [5, 5.41) is 3.51. The molecule has 1 saturated heterocycles. The minimum Gasteiger partial charge on any atom is -0.375 e. The molecule has 4 nitrogen and oxygen atoms in total. The van der Waals surface area contributed by atoms with E-state index in [1.807, 2.05) is 0 Å². The smallest absolute Gasteiger partial charge is 0.128 e. The number of aryl methyl sites for hydroxylation is 1. The summed E-state index contributed by atoms with van der Waals surface area (Å²) in [5.41, 5.74) is 2.51. The molecule has 1 atom stereocenters. The minimum absolute atomic E-state index is 0.130. The predicted octanol–water partition coefficient (Wildman–Crippen LogP) is 2.50. The Bertz CT molecular complexity index is 454. The van der Waals surface area contributed by atoms with Crippen LogP contribution in [0, 0.1) is 6.92 Å². The number of hydrogen-bond acceptors (Lipinski definition) is 4. The first-order valence-corrected chi connectivity index (χ1v) is 7.43. The molecule has 1 unspecified atom stereocenters. The second-order valence-corrected chi connectivity index (χ2v) is 6.64. The quantitative estimate of drug-likeness (QED) is 0.921. The summed E-state index contributed by atoms with van der Waals surface area (Å²) < 4.78 is 5.58. The van der Waals surface area contributed by atoms with Gasteiger partial charge in [0.15, 0.2) is 0 Å². The standard InChI is InChI=1S/C16H27N3O/c1-12-11-19(8-9-20-12)15-7-6-14(13(2)18-15)10-17-16(3,4)5/h6-7,12,17H,8-11H2,1-5H3. The highest BCUT2D eigenvalue weighted by molar-refractivity contribution is 5.42. The Labute approximate surface area is 122 Å². The third-order valence-electron chi connectivity index (χ3n) is 3.55. The van der Waals surface area contributed by atoms with E-state index in [2.05, 4.69) is 57.0 Å². The van der Waals surface area contributed by atoms with Crippen LogP contribution in [0.3, 0.4) is 0 Å². The van der Waals surface area contributed by atoms with Gasteiger partial charge in [-0.25, -0.2) is 4.98 Å². The lowest BCUT2D eigenvalue weighted by atomic mass is 10.1. The monoisotopic (exact) mass is 277 g/mol. The van der Waals surface area contributed by atoms with Gasteiger partial charge in [0.2, 0.25) is 0 Å². The summed E-state index contributed by atoms with van der Waals surface area (Å²) in [6.07, 6.45) is 0.285. The van der Waals surface area contributed by atoms with Crippen molar-refractivity contribution in [3.8, 4) is 0 Å². The number of hydrogen-bond donors (Lipinski definition) is 1. The fraction of sp³-hybridized carbons (Fsp3) is 0.688. The van der Waals surface area contributed by atoms with Gasteiger partial charge in [0.25, 0.3) is 0 Å². The summed E-state index contributed by atoms with van der Waals surface area (Å²) in [7, 11) is 0. The van der Waals surface area contributed by atoms with E-state index in [1.165, 1.54) is 5.56 Å². The van der Waals surface area contributed by atoms with Gasteiger partial charge in [-0.05, 0) is 46.2 Å². The number of pyridine rings is 1. The number of nitrogens with one attached hydrogen (secondary N) is 1. The van der Waals surface area contributed by atoms with Crippen molar-refractivity contribution in [3.05, 3.63) is 23.4 Å². The maximum Gasteiger partial charge on any atom is 0.128 e. The van der Waals surface area contributed by atoms with E-state index in [-0.39, 0.29) is 11.6 Å². The Morgan fingerprint density at radius 2 is 2.15 bits per heavy atom. The summed E-state index contributed by atoms with van der Waals surface area (Å²) in [6, 6.07) is 4.32. The van der Waals surface area contributed by atoms with Gasteiger partial charge in [-0.3, -0.25) is 0 Å². The predicted molar refractivity (Wildman–Crippen MR) is 83.2 cm³/mol. The molecule has 1 aliphatic rings. The van der Waals surface area contributed by atoms with Gasteiger partial charge < -0.3 is 15.0 Å². The van der Waals surface area contributed by atoms with Crippen molar-refractivity contribution in [2.45, 2.75) is 52.8 Å². The second kappa shape index (κ2) is 6.10. The SMILES string of the molecule is Cc1nc(N2CCOC(C)C2)ccc1CNC(C)(C)C. The molecule has 0 aliphatic carbocycles. The Morgan fingerprint density at radius 3 is 2.75 bits per heavy atom. The molecule has 0 radical (unpaired) electrons. The third kappa shape index (κ3) is 4.18. The van der Waals surface area contributed by atoms with Crippen LogP contribution < -0.4 is 10.2 Å². The molecule has 0 aromatic carbocycles. The normalized spacial score (nSPS) is 20.2. The molecule has 4 heteroatoms. The van der Waals surface area contributed by atoms with E-state index in [1.54, 1.807) is 0 Å². The van der Waals surface area contributed by atoms with E-state index in [4.69, 9.17) is 9.72 Å². The summed E-state index contributed by atoms with van der Waals surface area (Å²) in [4.78, 5) is 7.07. The second-order valence-electron chi connectivity index (χ2n) is 6.64. The molecule has 1 aromatic rings. The fourth-order valence-electron chi connectivity index (χ4n) is 2.33. The number of anilines is 1. The fourth-order valence-corrected chi connectivity index (χ4v) is 2.33. The Kier molecular flexibility index (Phi) is 4.66. The molecule has 1 fully saturated rings. The zero-order valence-corrected chi connectivity index (χ0v) is 13.4. The van der Waals surface area contributed by atoms with Crippen molar-refractivity contribution < 1.29 is 4.74 Å². The lowest BCUT2D eigenvalue weighted by Gasteiger charge is -2.32. The molecule has 1 N–H and O–H groups in total. The highest BCUT2D eigenvalue weighted by Gasteiger charge is 2.18. The van der Waals surface area contributed by atoms with Crippen LogP contribution in [0.1, 0.15) is 39.0 Å². The van der Waals surface area contributed by atoms with Crippen LogP contribution in [0.2, 0.25) is 0 Å². The molecule has 20 heavy (non-hydrogen) atoms. The molecule has 1 aromatic heterocycles. The van der Waals surface area contributed by atoms with E-state index >= 15 is 0 Å². The number of rotatable bonds is 3. The van der Waals surface area contributed by atoms with E-state index in [0.717, 1.165) is 37.8 Å². The van der Waals surface area contributed by atoms with Gasteiger partial charge in [0.1, 0.15) is 5.82 Å². The minimum atomic E-state index is 0.130. The molecular formula is C16H27N3O. The maximum atomic E-state index is 5.58. The van der Waals surface area contributed by atoms with Crippen molar-refractivity contribution in [2.24, 2.45) is 0 Å². The van der Waals surface area contributed by atoms with Gasteiger partial charge in [-0.2, -0.15) is 0 Å². The first-order valence-electron chi connectivity index (χ1n) is 7.43. The van der Waals surface area contributed by atoms with Crippen molar-refractivity contribution in [3.63, 3.8) is 0 Å².